The molecule has 2 aromatic rings. The number of sulfonamides is 1. The Morgan fingerprint density at radius 1 is 1.03 bits per heavy atom. The Kier molecular flexibility index (Phi) is 5.69. The van der Waals surface area contributed by atoms with Crippen LogP contribution in [0.1, 0.15) is 37.7 Å². The minimum atomic E-state index is -3.77. The predicted molar refractivity (Wildman–Crippen MR) is 108 cm³/mol. The van der Waals surface area contributed by atoms with Crippen molar-refractivity contribution in [2.75, 3.05) is 0 Å². The van der Waals surface area contributed by atoms with E-state index in [1.165, 1.54) is 16.4 Å². The number of halogens is 1. The van der Waals surface area contributed by atoms with Crippen LogP contribution in [0.2, 0.25) is 0 Å². The van der Waals surface area contributed by atoms with Crippen molar-refractivity contribution < 1.29 is 17.6 Å². The first-order valence-electron chi connectivity index (χ1n) is 10.1. The lowest BCUT2D eigenvalue weighted by molar-refractivity contribution is -0.124. The van der Waals surface area contributed by atoms with Gasteiger partial charge in [-0.15, -0.1) is 0 Å². The molecule has 2 fully saturated rings. The van der Waals surface area contributed by atoms with E-state index in [2.05, 4.69) is 5.32 Å². The molecule has 29 heavy (non-hydrogen) atoms. The zero-order chi connectivity index (χ0) is 20.4. The van der Waals surface area contributed by atoms with Gasteiger partial charge >= 0.3 is 0 Å². The molecule has 3 atom stereocenters. The number of rotatable bonds is 5. The summed E-state index contributed by atoms with van der Waals surface area (Å²) in [6.45, 7) is 0.240. The first kappa shape index (κ1) is 20.0. The zero-order valence-corrected chi connectivity index (χ0v) is 16.9. The molecule has 2 aromatic carbocycles. The maximum Gasteiger partial charge on any atom is 0.244 e. The van der Waals surface area contributed by atoms with Crippen molar-refractivity contribution in [3.8, 4) is 0 Å². The number of amides is 1. The second-order valence-electron chi connectivity index (χ2n) is 7.86. The molecule has 154 valence electrons. The molecular formula is C22H25FN2O3S. The number of carbonyl (C=O) groups excluding carboxylic acids is 1. The molecule has 1 N–H and O–H groups in total. The summed E-state index contributed by atoms with van der Waals surface area (Å²) in [5.74, 6) is -0.410. The normalized spacial score (nSPS) is 24.8. The van der Waals surface area contributed by atoms with Gasteiger partial charge in [-0.2, -0.15) is 4.31 Å². The van der Waals surface area contributed by atoms with Crippen molar-refractivity contribution in [3.63, 3.8) is 0 Å². The molecule has 1 saturated carbocycles. The molecule has 1 saturated heterocycles. The maximum atomic E-state index is 13.4. The Bertz CT molecular complexity index is 963. The number of fused-ring (bicyclic) bond motifs is 1. The van der Waals surface area contributed by atoms with Gasteiger partial charge in [-0.1, -0.05) is 43.2 Å². The number of hydrogen-bond donors (Lipinski definition) is 1. The summed E-state index contributed by atoms with van der Waals surface area (Å²) in [5.41, 5.74) is 0.771. The lowest BCUT2D eigenvalue weighted by Crippen LogP contribution is -2.49. The number of hydrogen-bond acceptors (Lipinski definition) is 3. The monoisotopic (exact) mass is 416 g/mol. The summed E-state index contributed by atoms with van der Waals surface area (Å²) >= 11 is 0. The summed E-state index contributed by atoms with van der Waals surface area (Å²) in [7, 11) is -3.77. The quantitative estimate of drug-likeness (QED) is 0.812. The van der Waals surface area contributed by atoms with Crippen molar-refractivity contribution in [2.45, 2.75) is 55.6 Å². The van der Waals surface area contributed by atoms with E-state index in [4.69, 9.17) is 0 Å². The van der Waals surface area contributed by atoms with Crippen LogP contribution >= 0.6 is 0 Å². The highest BCUT2D eigenvalue weighted by molar-refractivity contribution is 7.89. The van der Waals surface area contributed by atoms with Gasteiger partial charge in [0.05, 0.1) is 4.90 Å². The summed E-state index contributed by atoms with van der Waals surface area (Å²) < 4.78 is 41.4. The van der Waals surface area contributed by atoms with Crippen LogP contribution in [0.5, 0.6) is 0 Å². The third kappa shape index (κ3) is 4.07. The molecule has 1 amide bonds. The molecule has 7 heteroatoms. The molecule has 1 aliphatic heterocycles. The van der Waals surface area contributed by atoms with Gasteiger partial charge in [0.2, 0.25) is 15.9 Å². The zero-order valence-electron chi connectivity index (χ0n) is 16.1. The van der Waals surface area contributed by atoms with Gasteiger partial charge in [0.1, 0.15) is 11.9 Å². The van der Waals surface area contributed by atoms with E-state index < -0.39 is 16.1 Å². The van der Waals surface area contributed by atoms with Crippen LogP contribution in [0, 0.1) is 11.7 Å². The van der Waals surface area contributed by atoms with Gasteiger partial charge < -0.3 is 5.32 Å². The molecule has 0 radical (unpaired) electrons. The topological polar surface area (TPSA) is 66.5 Å². The van der Waals surface area contributed by atoms with Crippen molar-refractivity contribution in [1.29, 1.82) is 0 Å². The number of benzene rings is 2. The molecule has 2 aliphatic rings. The van der Waals surface area contributed by atoms with E-state index in [0.717, 1.165) is 31.2 Å². The number of nitrogens with one attached hydrogen (secondary N) is 1. The van der Waals surface area contributed by atoms with Gasteiger partial charge in [-0.3, -0.25) is 4.79 Å². The van der Waals surface area contributed by atoms with Gasteiger partial charge in [0, 0.05) is 12.6 Å². The van der Waals surface area contributed by atoms with Crippen molar-refractivity contribution in [3.05, 3.63) is 66.0 Å². The van der Waals surface area contributed by atoms with Crippen molar-refractivity contribution in [1.82, 2.24) is 9.62 Å². The standard InChI is InChI=1S/C22H25FN2O3S/c23-18-12-10-16(11-13-18)15-24-22(26)21-14-17-6-4-5-9-20(17)25(21)29(27,28)19-7-2-1-3-8-19/h1-3,7-8,10-13,17,20-21H,4-6,9,14-15H2,(H,24,26)/t17-,20+,21-/m0/s1. The SMILES string of the molecule is O=C(NCc1ccc(F)cc1)[C@@H]1C[C@@H]2CCCC[C@H]2N1S(=O)(=O)c1ccccc1. The lowest BCUT2D eigenvalue weighted by atomic mass is 9.85. The Labute approximate surface area is 171 Å². The fraction of sp³-hybridized carbons (Fsp3) is 0.409. The number of nitrogens with zero attached hydrogens (tertiary/aromatic N) is 1. The Hall–Kier alpha value is -2.25. The molecule has 0 bridgehead atoms. The molecule has 0 spiro atoms. The van der Waals surface area contributed by atoms with E-state index in [1.807, 2.05) is 0 Å². The van der Waals surface area contributed by atoms with E-state index in [-0.39, 0.29) is 35.1 Å². The molecule has 1 heterocycles. The highest BCUT2D eigenvalue weighted by Gasteiger charge is 2.50. The summed E-state index contributed by atoms with van der Waals surface area (Å²) in [6.07, 6.45) is 4.34. The highest BCUT2D eigenvalue weighted by Crippen LogP contribution is 2.42. The predicted octanol–water partition coefficient (Wildman–Crippen LogP) is 3.46. The molecule has 0 unspecified atom stereocenters. The van der Waals surface area contributed by atoms with Crippen LogP contribution < -0.4 is 5.32 Å². The molecule has 4 rings (SSSR count). The minimum Gasteiger partial charge on any atom is -0.351 e. The van der Waals surface area contributed by atoms with Gasteiger partial charge in [0.15, 0.2) is 0 Å². The largest absolute Gasteiger partial charge is 0.351 e. The second kappa shape index (κ2) is 8.24. The van der Waals surface area contributed by atoms with Crippen LogP contribution in [0.25, 0.3) is 0 Å². The lowest BCUT2D eigenvalue weighted by Gasteiger charge is -2.32. The van der Waals surface area contributed by atoms with E-state index in [1.54, 1.807) is 42.5 Å². The third-order valence-corrected chi connectivity index (χ3v) is 7.98. The average molecular weight is 417 g/mol. The van der Waals surface area contributed by atoms with Crippen LogP contribution in [0.3, 0.4) is 0 Å². The maximum absolute atomic E-state index is 13.4. The van der Waals surface area contributed by atoms with Gasteiger partial charge in [-0.25, -0.2) is 12.8 Å². The fourth-order valence-corrected chi connectivity index (χ4v) is 6.51. The second-order valence-corrected chi connectivity index (χ2v) is 9.70. The average Bonchev–Trinajstić information content (AvgIpc) is 3.14. The summed E-state index contributed by atoms with van der Waals surface area (Å²) in [5, 5.41) is 2.86. The fourth-order valence-electron chi connectivity index (χ4n) is 4.61. The third-order valence-electron chi connectivity index (χ3n) is 6.03. The van der Waals surface area contributed by atoms with Crippen LogP contribution in [-0.2, 0) is 21.4 Å². The molecule has 5 nitrogen and oxygen atoms in total. The first-order chi connectivity index (χ1) is 14.0. The molecular weight excluding hydrogens is 391 g/mol. The van der Waals surface area contributed by atoms with Crippen LogP contribution in [0.4, 0.5) is 4.39 Å². The van der Waals surface area contributed by atoms with Crippen LogP contribution in [0.15, 0.2) is 59.5 Å². The van der Waals surface area contributed by atoms with Crippen molar-refractivity contribution in [2.24, 2.45) is 5.92 Å². The highest BCUT2D eigenvalue weighted by atomic mass is 32.2. The summed E-state index contributed by atoms with van der Waals surface area (Å²) in [4.78, 5) is 13.3. The van der Waals surface area contributed by atoms with Gasteiger partial charge in [-0.05, 0) is 55.0 Å². The molecule has 1 aliphatic carbocycles. The van der Waals surface area contributed by atoms with E-state index >= 15 is 0 Å². The first-order valence-corrected chi connectivity index (χ1v) is 11.5. The van der Waals surface area contributed by atoms with E-state index in [9.17, 15) is 17.6 Å². The van der Waals surface area contributed by atoms with Crippen molar-refractivity contribution >= 4 is 15.9 Å². The Morgan fingerprint density at radius 2 is 1.72 bits per heavy atom. The molecule has 0 aromatic heterocycles. The van der Waals surface area contributed by atoms with E-state index in [0.29, 0.717) is 6.42 Å². The Morgan fingerprint density at radius 3 is 2.45 bits per heavy atom. The smallest absolute Gasteiger partial charge is 0.244 e. The summed E-state index contributed by atoms with van der Waals surface area (Å²) in [6, 6.07) is 13.4. The van der Waals surface area contributed by atoms with Gasteiger partial charge in [0.25, 0.3) is 0 Å². The minimum absolute atomic E-state index is 0.129. The van der Waals surface area contributed by atoms with Crippen LogP contribution in [-0.4, -0.2) is 30.7 Å². The Balaban J connectivity index is 1.58. The number of carbonyl (C=O) groups is 1.